The Kier molecular flexibility index (Phi) is 4.80. The molecule has 22 heavy (non-hydrogen) atoms. The molecule has 1 atom stereocenters. The largest absolute Gasteiger partial charge is 0.444 e. The van der Waals surface area contributed by atoms with E-state index in [2.05, 4.69) is 12.0 Å². The number of rotatable bonds is 4. The third kappa shape index (κ3) is 4.22. The first-order valence-corrected chi connectivity index (χ1v) is 7.83. The van der Waals surface area contributed by atoms with E-state index in [9.17, 15) is 4.79 Å². The van der Waals surface area contributed by atoms with Gasteiger partial charge in [0.15, 0.2) is 0 Å². The van der Waals surface area contributed by atoms with Crippen molar-refractivity contribution in [3.8, 4) is 0 Å². The van der Waals surface area contributed by atoms with Gasteiger partial charge in [-0.2, -0.15) is 5.10 Å². The van der Waals surface area contributed by atoms with Crippen molar-refractivity contribution in [2.24, 2.45) is 7.05 Å². The van der Waals surface area contributed by atoms with E-state index in [1.54, 1.807) is 9.58 Å². The molecule has 0 spiro atoms. The molecule has 1 fully saturated rings. The van der Waals surface area contributed by atoms with Crippen LogP contribution in [-0.4, -0.2) is 45.1 Å². The van der Waals surface area contributed by atoms with Crippen molar-refractivity contribution in [2.75, 3.05) is 13.1 Å². The van der Waals surface area contributed by atoms with Crippen LogP contribution in [0.4, 0.5) is 4.79 Å². The van der Waals surface area contributed by atoms with Gasteiger partial charge in [-0.15, -0.1) is 0 Å². The number of ether oxygens (including phenoxy) is 2. The van der Waals surface area contributed by atoms with Crippen LogP contribution in [0.2, 0.25) is 0 Å². The second-order valence-corrected chi connectivity index (χ2v) is 6.96. The van der Waals surface area contributed by atoms with Crippen LogP contribution in [0.15, 0.2) is 12.3 Å². The van der Waals surface area contributed by atoms with E-state index in [0.717, 1.165) is 18.5 Å². The molecule has 6 heteroatoms. The van der Waals surface area contributed by atoms with Crippen LogP contribution < -0.4 is 0 Å². The summed E-state index contributed by atoms with van der Waals surface area (Å²) in [5.74, 6) is 0. The zero-order valence-corrected chi connectivity index (χ0v) is 14.3. The minimum Gasteiger partial charge on any atom is -0.444 e. The maximum absolute atomic E-state index is 12.2. The third-order valence-corrected chi connectivity index (χ3v) is 3.91. The van der Waals surface area contributed by atoms with Crippen molar-refractivity contribution in [2.45, 2.75) is 58.3 Å². The number of nitrogens with zero attached hydrogens (tertiary/aromatic N) is 3. The molecule has 124 valence electrons. The summed E-state index contributed by atoms with van der Waals surface area (Å²) < 4.78 is 13.3. The van der Waals surface area contributed by atoms with Gasteiger partial charge in [-0.25, -0.2) is 4.79 Å². The van der Waals surface area contributed by atoms with Gasteiger partial charge in [0.2, 0.25) is 0 Å². The fourth-order valence-electron chi connectivity index (χ4n) is 2.60. The average Bonchev–Trinajstić information content (AvgIpc) is 3.02. The van der Waals surface area contributed by atoms with Gasteiger partial charge >= 0.3 is 6.09 Å². The highest BCUT2D eigenvalue weighted by molar-refractivity contribution is 5.68. The van der Waals surface area contributed by atoms with Gasteiger partial charge in [-0.05, 0) is 39.7 Å². The first kappa shape index (κ1) is 16.8. The quantitative estimate of drug-likeness (QED) is 0.858. The van der Waals surface area contributed by atoms with E-state index in [-0.39, 0.29) is 11.7 Å². The van der Waals surface area contributed by atoms with Crippen LogP contribution in [0.25, 0.3) is 0 Å². The predicted octanol–water partition coefficient (Wildman–Crippen LogP) is 2.73. The Labute approximate surface area is 132 Å². The Hall–Kier alpha value is -1.56. The molecule has 1 aliphatic rings. The predicted molar refractivity (Wildman–Crippen MR) is 83.4 cm³/mol. The molecule has 0 saturated carbocycles. The highest BCUT2D eigenvalue weighted by Crippen LogP contribution is 2.30. The SMILES string of the molecule is CCC1(OCc2ccn(C)n2)CCN(C(=O)OC(C)(C)C)C1. The summed E-state index contributed by atoms with van der Waals surface area (Å²) in [6.45, 7) is 9.45. The topological polar surface area (TPSA) is 56.6 Å². The van der Waals surface area contributed by atoms with Crippen LogP contribution in [0, 0.1) is 0 Å². The molecule has 1 aromatic heterocycles. The highest BCUT2D eigenvalue weighted by atomic mass is 16.6. The summed E-state index contributed by atoms with van der Waals surface area (Å²) in [5.41, 5.74) is 0.142. The van der Waals surface area contributed by atoms with Gasteiger partial charge in [-0.3, -0.25) is 4.68 Å². The number of carbonyl (C=O) groups excluding carboxylic acids is 1. The number of hydrogen-bond acceptors (Lipinski definition) is 4. The van der Waals surface area contributed by atoms with E-state index in [0.29, 0.717) is 19.7 Å². The summed E-state index contributed by atoms with van der Waals surface area (Å²) in [7, 11) is 1.89. The fourth-order valence-corrected chi connectivity index (χ4v) is 2.60. The fraction of sp³-hybridized carbons (Fsp3) is 0.750. The summed E-state index contributed by atoms with van der Waals surface area (Å²) >= 11 is 0. The maximum Gasteiger partial charge on any atom is 0.410 e. The Balaban J connectivity index is 1.93. The second kappa shape index (κ2) is 6.28. The smallest absolute Gasteiger partial charge is 0.410 e. The normalized spacial score (nSPS) is 22.1. The summed E-state index contributed by atoms with van der Waals surface area (Å²) in [5, 5.41) is 4.33. The summed E-state index contributed by atoms with van der Waals surface area (Å²) in [4.78, 5) is 13.9. The molecule has 0 aliphatic carbocycles. The van der Waals surface area contributed by atoms with Crippen LogP contribution >= 0.6 is 0 Å². The Morgan fingerprint density at radius 3 is 2.73 bits per heavy atom. The molecular formula is C16H27N3O3. The molecule has 1 aliphatic heterocycles. The molecular weight excluding hydrogens is 282 g/mol. The molecule has 2 heterocycles. The van der Waals surface area contributed by atoms with Gasteiger partial charge in [-0.1, -0.05) is 6.92 Å². The number of aryl methyl sites for hydroxylation is 1. The lowest BCUT2D eigenvalue weighted by Gasteiger charge is -2.29. The number of amides is 1. The van der Waals surface area contributed by atoms with Crippen molar-refractivity contribution >= 4 is 6.09 Å². The first-order valence-electron chi connectivity index (χ1n) is 7.83. The van der Waals surface area contributed by atoms with Gasteiger partial charge in [0, 0.05) is 19.8 Å². The minimum atomic E-state index is -0.469. The summed E-state index contributed by atoms with van der Waals surface area (Å²) in [6, 6.07) is 1.95. The molecule has 0 N–H and O–H groups in total. The zero-order valence-electron chi connectivity index (χ0n) is 14.3. The number of carbonyl (C=O) groups is 1. The zero-order chi connectivity index (χ0) is 16.4. The van der Waals surface area contributed by atoms with Gasteiger partial charge in [0.05, 0.1) is 24.4 Å². The van der Waals surface area contributed by atoms with E-state index in [1.807, 2.05) is 40.1 Å². The van der Waals surface area contributed by atoms with E-state index in [4.69, 9.17) is 9.47 Å². The van der Waals surface area contributed by atoms with Crippen molar-refractivity contribution in [1.29, 1.82) is 0 Å². The summed E-state index contributed by atoms with van der Waals surface area (Å²) in [6.07, 6.45) is 3.33. The third-order valence-electron chi connectivity index (χ3n) is 3.91. The molecule has 1 saturated heterocycles. The lowest BCUT2D eigenvalue weighted by molar-refractivity contribution is -0.0540. The molecule has 2 rings (SSSR count). The number of aromatic nitrogens is 2. The number of hydrogen-bond donors (Lipinski definition) is 0. The van der Waals surface area contributed by atoms with Gasteiger partial charge in [0.25, 0.3) is 0 Å². The first-order chi connectivity index (χ1) is 10.2. The number of likely N-dealkylation sites (tertiary alicyclic amines) is 1. The van der Waals surface area contributed by atoms with Crippen LogP contribution in [0.5, 0.6) is 0 Å². The second-order valence-electron chi connectivity index (χ2n) is 6.96. The Bertz CT molecular complexity index is 521. The molecule has 1 unspecified atom stereocenters. The highest BCUT2D eigenvalue weighted by Gasteiger charge is 2.41. The van der Waals surface area contributed by atoms with Crippen LogP contribution in [-0.2, 0) is 23.1 Å². The lowest BCUT2D eigenvalue weighted by atomic mass is 10.00. The molecule has 0 bridgehead atoms. The van der Waals surface area contributed by atoms with Gasteiger partial charge in [0.1, 0.15) is 5.60 Å². The minimum absolute atomic E-state index is 0.260. The van der Waals surface area contributed by atoms with Crippen molar-refractivity contribution in [3.05, 3.63) is 18.0 Å². The van der Waals surface area contributed by atoms with E-state index >= 15 is 0 Å². The van der Waals surface area contributed by atoms with Crippen molar-refractivity contribution in [3.63, 3.8) is 0 Å². The molecule has 0 radical (unpaired) electrons. The van der Waals surface area contributed by atoms with Crippen molar-refractivity contribution in [1.82, 2.24) is 14.7 Å². The van der Waals surface area contributed by atoms with E-state index in [1.165, 1.54) is 0 Å². The van der Waals surface area contributed by atoms with Gasteiger partial charge < -0.3 is 14.4 Å². The molecule has 6 nitrogen and oxygen atoms in total. The van der Waals surface area contributed by atoms with Crippen LogP contribution in [0.1, 0.15) is 46.2 Å². The molecule has 1 amide bonds. The lowest BCUT2D eigenvalue weighted by Crippen LogP contribution is -2.40. The van der Waals surface area contributed by atoms with Crippen LogP contribution in [0.3, 0.4) is 0 Å². The Morgan fingerprint density at radius 2 is 2.18 bits per heavy atom. The maximum atomic E-state index is 12.2. The standard InChI is InChI=1S/C16H27N3O3/c1-6-16(21-11-13-7-9-18(5)17-13)8-10-19(12-16)14(20)22-15(2,3)4/h7,9H,6,8,10-12H2,1-5H3. The molecule has 0 aromatic carbocycles. The Morgan fingerprint density at radius 1 is 1.45 bits per heavy atom. The monoisotopic (exact) mass is 309 g/mol. The van der Waals surface area contributed by atoms with E-state index < -0.39 is 5.60 Å². The van der Waals surface area contributed by atoms with Crippen molar-refractivity contribution < 1.29 is 14.3 Å². The average molecular weight is 309 g/mol. The molecule has 1 aromatic rings.